The van der Waals surface area contributed by atoms with Gasteiger partial charge in [0.05, 0.1) is 24.3 Å². The number of amides is 4. The van der Waals surface area contributed by atoms with Crippen LogP contribution in [0.3, 0.4) is 0 Å². The first kappa shape index (κ1) is 27.4. The monoisotopic (exact) mass is 538 g/mol. The number of nitrogens with zero attached hydrogens (tertiary/aromatic N) is 4. The van der Waals surface area contributed by atoms with Crippen LogP contribution in [0.2, 0.25) is 0 Å². The third-order valence-electron chi connectivity index (χ3n) is 6.98. The van der Waals surface area contributed by atoms with Gasteiger partial charge in [-0.1, -0.05) is 0 Å². The lowest BCUT2D eigenvalue weighted by molar-refractivity contribution is -0.153. The number of hydrogen-bond acceptors (Lipinski definition) is 7. The van der Waals surface area contributed by atoms with E-state index < -0.39 is 18.2 Å². The molecule has 1 aromatic rings. The first-order valence-electron chi connectivity index (χ1n) is 12.2. The van der Waals surface area contributed by atoms with Gasteiger partial charge in [0.2, 0.25) is 17.7 Å². The molecule has 4 amide bonds. The van der Waals surface area contributed by atoms with Gasteiger partial charge in [0.15, 0.2) is 18.1 Å². The van der Waals surface area contributed by atoms with Gasteiger partial charge in [-0.15, -0.1) is 0 Å². The van der Waals surface area contributed by atoms with Crippen LogP contribution in [0.25, 0.3) is 0 Å². The summed E-state index contributed by atoms with van der Waals surface area (Å²) in [6.45, 7) is 2.26. The summed E-state index contributed by atoms with van der Waals surface area (Å²) in [6, 6.07) is 4.16. The molecule has 0 bridgehead atoms. The standard InChI is InChI=1S/C25H29F3N4O6/c1-24(2)22(15-4-5-17(37-3)18(12-15)38-14-25(26,27)28)29-32(23(24)36)16-8-10-30(11-9-16)21(35)13-31-19(33)6-7-20(31)34/h4-5,12,16H,6-11,13-14H2,1-3H3. The molecule has 0 aromatic heterocycles. The number of piperidine rings is 1. The van der Waals surface area contributed by atoms with Gasteiger partial charge in [-0.25, -0.2) is 5.01 Å². The second-order valence-electron chi connectivity index (χ2n) is 9.98. The number of methoxy groups -OCH3 is 1. The molecule has 0 atom stereocenters. The highest BCUT2D eigenvalue weighted by Crippen LogP contribution is 2.38. The molecule has 0 saturated carbocycles. The molecule has 0 radical (unpaired) electrons. The fourth-order valence-electron chi connectivity index (χ4n) is 4.82. The van der Waals surface area contributed by atoms with Crippen LogP contribution >= 0.6 is 0 Å². The number of imide groups is 1. The minimum atomic E-state index is -4.53. The van der Waals surface area contributed by atoms with Gasteiger partial charge >= 0.3 is 6.18 Å². The Kier molecular flexibility index (Phi) is 7.39. The molecule has 1 aromatic carbocycles. The fourth-order valence-corrected chi connectivity index (χ4v) is 4.82. The SMILES string of the molecule is COc1ccc(C2=NN(C3CCN(C(=O)CN4C(=O)CCC4=O)CC3)C(=O)C2(C)C)cc1OCC(F)(F)F. The van der Waals surface area contributed by atoms with Gasteiger partial charge < -0.3 is 14.4 Å². The summed E-state index contributed by atoms with van der Waals surface area (Å²) in [5.74, 6) is -1.29. The molecule has 3 heterocycles. The molecule has 2 fully saturated rings. The molecular formula is C25H29F3N4O6. The number of hydrogen-bond donors (Lipinski definition) is 0. The second kappa shape index (κ2) is 10.3. The third-order valence-corrected chi connectivity index (χ3v) is 6.98. The first-order chi connectivity index (χ1) is 17.8. The molecule has 38 heavy (non-hydrogen) atoms. The van der Waals surface area contributed by atoms with Gasteiger partial charge in [-0.3, -0.25) is 24.1 Å². The smallest absolute Gasteiger partial charge is 0.422 e. The molecule has 0 unspecified atom stereocenters. The van der Waals surface area contributed by atoms with Crippen LogP contribution in [0.15, 0.2) is 23.3 Å². The highest BCUT2D eigenvalue weighted by Gasteiger charge is 2.47. The summed E-state index contributed by atoms with van der Waals surface area (Å²) in [5, 5.41) is 5.97. The van der Waals surface area contributed by atoms with E-state index in [1.54, 1.807) is 24.8 Å². The van der Waals surface area contributed by atoms with Crippen molar-refractivity contribution in [1.82, 2.24) is 14.8 Å². The summed E-state index contributed by atoms with van der Waals surface area (Å²) in [7, 11) is 1.32. The van der Waals surface area contributed by atoms with Crippen LogP contribution in [-0.4, -0.2) is 89.7 Å². The van der Waals surface area contributed by atoms with Gasteiger partial charge in [0.25, 0.3) is 5.91 Å². The summed E-state index contributed by atoms with van der Waals surface area (Å²) < 4.78 is 48.2. The van der Waals surface area contributed by atoms with Crippen molar-refractivity contribution in [3.8, 4) is 11.5 Å². The zero-order chi connectivity index (χ0) is 27.8. The Morgan fingerprint density at radius 3 is 2.29 bits per heavy atom. The minimum absolute atomic E-state index is 0.117. The van der Waals surface area contributed by atoms with Crippen molar-refractivity contribution in [3.05, 3.63) is 23.8 Å². The number of ether oxygens (including phenoxy) is 2. The van der Waals surface area contributed by atoms with Gasteiger partial charge in [0, 0.05) is 31.5 Å². The molecule has 4 rings (SSSR count). The Hall–Kier alpha value is -3.64. The van der Waals surface area contributed by atoms with Gasteiger partial charge in [0.1, 0.15) is 6.54 Å². The van der Waals surface area contributed by atoms with E-state index in [9.17, 15) is 32.3 Å². The molecule has 3 aliphatic heterocycles. The van der Waals surface area contributed by atoms with Crippen molar-refractivity contribution < 1.29 is 41.8 Å². The second-order valence-corrected chi connectivity index (χ2v) is 9.98. The fraction of sp³-hybridized carbons (Fsp3) is 0.560. The van der Waals surface area contributed by atoms with E-state index in [0.29, 0.717) is 37.2 Å². The predicted octanol–water partition coefficient (Wildman–Crippen LogP) is 2.35. The van der Waals surface area contributed by atoms with Crippen molar-refractivity contribution in [1.29, 1.82) is 0 Å². The number of rotatable bonds is 7. The number of carbonyl (C=O) groups excluding carboxylic acids is 4. The minimum Gasteiger partial charge on any atom is -0.493 e. The summed E-state index contributed by atoms with van der Waals surface area (Å²) >= 11 is 0. The zero-order valence-corrected chi connectivity index (χ0v) is 21.3. The number of alkyl halides is 3. The lowest BCUT2D eigenvalue weighted by Crippen LogP contribution is -2.50. The average molecular weight is 539 g/mol. The number of carbonyl (C=O) groups is 4. The molecule has 3 aliphatic rings. The Balaban J connectivity index is 1.47. The predicted molar refractivity (Wildman–Crippen MR) is 127 cm³/mol. The zero-order valence-electron chi connectivity index (χ0n) is 21.3. The maximum atomic E-state index is 13.3. The molecule has 0 N–H and O–H groups in total. The van der Waals surface area contributed by atoms with Crippen molar-refractivity contribution in [3.63, 3.8) is 0 Å². The summed E-state index contributed by atoms with van der Waals surface area (Å²) in [4.78, 5) is 52.2. The summed E-state index contributed by atoms with van der Waals surface area (Å²) in [5.41, 5.74) is -0.248. The van der Waals surface area contributed by atoms with Crippen molar-refractivity contribution in [2.45, 2.75) is 51.7 Å². The van der Waals surface area contributed by atoms with E-state index in [2.05, 4.69) is 5.10 Å². The Labute approximate surface area is 217 Å². The highest BCUT2D eigenvalue weighted by molar-refractivity contribution is 6.19. The number of likely N-dealkylation sites (tertiary alicyclic amines) is 2. The number of halogens is 3. The third kappa shape index (κ3) is 5.46. The van der Waals surface area contributed by atoms with Gasteiger partial charge in [-0.05, 0) is 44.9 Å². The molecule has 2 saturated heterocycles. The molecular weight excluding hydrogens is 509 g/mol. The normalized spacial score (nSPS) is 20.3. The maximum absolute atomic E-state index is 13.3. The lowest BCUT2D eigenvalue weighted by atomic mass is 9.83. The van der Waals surface area contributed by atoms with Crippen molar-refractivity contribution in [2.24, 2.45) is 10.5 Å². The molecule has 0 aliphatic carbocycles. The average Bonchev–Trinajstić information content (AvgIpc) is 3.31. The van der Waals surface area contributed by atoms with Crippen LogP contribution in [0.1, 0.15) is 45.1 Å². The van der Waals surface area contributed by atoms with E-state index in [-0.39, 0.29) is 60.6 Å². The molecule has 10 nitrogen and oxygen atoms in total. The quantitative estimate of drug-likeness (QED) is 0.493. The topological polar surface area (TPSA) is 109 Å². The Morgan fingerprint density at radius 1 is 1.08 bits per heavy atom. The van der Waals surface area contributed by atoms with E-state index in [4.69, 9.17) is 9.47 Å². The van der Waals surface area contributed by atoms with E-state index in [1.807, 2.05) is 0 Å². The van der Waals surface area contributed by atoms with E-state index >= 15 is 0 Å². The van der Waals surface area contributed by atoms with E-state index in [0.717, 1.165) is 4.90 Å². The summed E-state index contributed by atoms with van der Waals surface area (Å²) in [6.07, 6.45) is -3.42. The molecule has 0 spiro atoms. The Morgan fingerprint density at radius 2 is 1.71 bits per heavy atom. The van der Waals surface area contributed by atoms with Crippen molar-refractivity contribution in [2.75, 3.05) is 33.4 Å². The molecule has 206 valence electrons. The van der Waals surface area contributed by atoms with E-state index in [1.165, 1.54) is 24.3 Å². The van der Waals surface area contributed by atoms with Crippen LogP contribution in [0.5, 0.6) is 11.5 Å². The van der Waals surface area contributed by atoms with Crippen LogP contribution < -0.4 is 9.47 Å². The Bertz CT molecular complexity index is 1160. The highest BCUT2D eigenvalue weighted by atomic mass is 19.4. The number of benzene rings is 1. The number of hydrazone groups is 1. The van der Waals surface area contributed by atoms with Crippen LogP contribution in [-0.2, 0) is 19.2 Å². The largest absolute Gasteiger partial charge is 0.493 e. The molecule has 13 heteroatoms. The van der Waals surface area contributed by atoms with Crippen LogP contribution in [0, 0.1) is 5.41 Å². The van der Waals surface area contributed by atoms with Crippen molar-refractivity contribution >= 4 is 29.3 Å². The van der Waals surface area contributed by atoms with Crippen LogP contribution in [0.4, 0.5) is 13.2 Å². The lowest BCUT2D eigenvalue weighted by Gasteiger charge is -2.36. The first-order valence-corrected chi connectivity index (χ1v) is 12.2. The van der Waals surface area contributed by atoms with Gasteiger partial charge in [-0.2, -0.15) is 18.3 Å². The maximum Gasteiger partial charge on any atom is 0.422 e.